The number of thioether (sulfide) groups is 2. The Morgan fingerprint density at radius 3 is 2.63 bits per heavy atom. The second-order valence-corrected chi connectivity index (χ2v) is 7.13. The fourth-order valence-corrected chi connectivity index (χ4v) is 4.09. The second kappa shape index (κ2) is 7.09. The fourth-order valence-electron chi connectivity index (χ4n) is 1.37. The molecule has 0 radical (unpaired) electrons. The predicted octanol–water partition coefficient (Wildman–Crippen LogP) is 4.42. The highest BCUT2D eigenvalue weighted by molar-refractivity contribution is 8.39. The Kier molecular flexibility index (Phi) is 5.71. The van der Waals surface area contributed by atoms with E-state index in [1.54, 1.807) is 11.8 Å². The topological polar surface area (TPSA) is 41.5 Å². The van der Waals surface area contributed by atoms with E-state index in [0.717, 1.165) is 16.7 Å². The number of nitrogens with one attached hydrogen (secondary N) is 1. The lowest BCUT2D eigenvalue weighted by molar-refractivity contribution is -0.113. The summed E-state index contributed by atoms with van der Waals surface area (Å²) in [5.41, 5.74) is 0.388. The zero-order chi connectivity index (χ0) is 13.8. The van der Waals surface area contributed by atoms with E-state index in [9.17, 15) is 4.79 Å². The van der Waals surface area contributed by atoms with Crippen LogP contribution in [0.4, 0.5) is 5.69 Å². The Labute approximate surface area is 134 Å². The highest BCUT2D eigenvalue weighted by atomic mass is 35.5. The van der Waals surface area contributed by atoms with Crippen LogP contribution in [0.5, 0.6) is 0 Å². The number of nitrogens with zero attached hydrogens (tertiary/aromatic N) is 1. The minimum absolute atomic E-state index is 0.175. The summed E-state index contributed by atoms with van der Waals surface area (Å²) in [6.45, 7) is 0.823. The van der Waals surface area contributed by atoms with Gasteiger partial charge in [-0.25, -0.2) is 0 Å². The molecular weight excluding hydrogens is 347 g/mol. The van der Waals surface area contributed by atoms with Gasteiger partial charge in [-0.3, -0.25) is 9.79 Å². The molecule has 0 unspecified atom stereocenters. The first-order chi connectivity index (χ1) is 9.06. The molecule has 8 heteroatoms. The number of carbonyl (C=O) groups is 1. The molecule has 0 atom stereocenters. The molecule has 1 aliphatic heterocycles. The van der Waals surface area contributed by atoms with Crippen LogP contribution in [0.15, 0.2) is 17.1 Å². The lowest BCUT2D eigenvalue weighted by Crippen LogP contribution is -2.15. The first-order valence-electron chi connectivity index (χ1n) is 5.30. The first-order valence-corrected chi connectivity index (χ1v) is 8.41. The molecule has 0 bridgehead atoms. The van der Waals surface area contributed by atoms with E-state index < -0.39 is 0 Å². The number of benzene rings is 1. The summed E-state index contributed by atoms with van der Waals surface area (Å²) >= 11 is 20.9. The van der Waals surface area contributed by atoms with Gasteiger partial charge in [0.05, 0.1) is 28.0 Å². The molecule has 1 amide bonds. The number of rotatable bonds is 3. The minimum atomic E-state index is -0.175. The minimum Gasteiger partial charge on any atom is -0.323 e. The Balaban J connectivity index is 1.95. The van der Waals surface area contributed by atoms with Gasteiger partial charge in [0.1, 0.15) is 4.38 Å². The smallest absolute Gasteiger partial charge is 0.234 e. The van der Waals surface area contributed by atoms with Gasteiger partial charge in [0, 0.05) is 10.8 Å². The van der Waals surface area contributed by atoms with Crippen molar-refractivity contribution in [1.29, 1.82) is 0 Å². The quantitative estimate of drug-likeness (QED) is 0.872. The van der Waals surface area contributed by atoms with E-state index in [1.165, 1.54) is 23.9 Å². The number of hydrogen-bond donors (Lipinski definition) is 1. The molecule has 0 aliphatic carbocycles. The molecule has 102 valence electrons. The van der Waals surface area contributed by atoms with Crippen LogP contribution in [0, 0.1) is 0 Å². The molecular formula is C11H9Cl3N2OS2. The summed E-state index contributed by atoms with van der Waals surface area (Å²) in [6, 6.07) is 3.07. The van der Waals surface area contributed by atoms with Gasteiger partial charge in [-0.15, -0.1) is 0 Å². The molecule has 2 rings (SSSR count). The summed E-state index contributed by atoms with van der Waals surface area (Å²) in [6.07, 6.45) is 0. The molecule has 1 aliphatic rings. The van der Waals surface area contributed by atoms with E-state index in [2.05, 4.69) is 10.3 Å². The van der Waals surface area contributed by atoms with Gasteiger partial charge >= 0.3 is 0 Å². The van der Waals surface area contributed by atoms with Crippen LogP contribution < -0.4 is 5.32 Å². The zero-order valence-corrected chi connectivity index (χ0v) is 13.5. The summed E-state index contributed by atoms with van der Waals surface area (Å²) in [7, 11) is 0. The van der Waals surface area contributed by atoms with Crippen LogP contribution in [-0.2, 0) is 4.79 Å². The molecule has 0 saturated heterocycles. The summed E-state index contributed by atoms with van der Waals surface area (Å²) in [4.78, 5) is 16.1. The van der Waals surface area contributed by atoms with Crippen LogP contribution in [0.1, 0.15) is 0 Å². The highest BCUT2D eigenvalue weighted by Gasteiger charge is 2.14. The number of amides is 1. The summed E-state index contributed by atoms with van der Waals surface area (Å²) in [5.74, 6) is 1.09. The van der Waals surface area contributed by atoms with E-state index >= 15 is 0 Å². The molecule has 1 aromatic rings. The molecule has 0 fully saturated rings. The Bertz CT molecular complexity index is 514. The van der Waals surface area contributed by atoms with Crippen molar-refractivity contribution in [2.75, 3.05) is 23.4 Å². The average Bonchev–Trinajstić information content (AvgIpc) is 2.84. The van der Waals surface area contributed by atoms with Crippen molar-refractivity contribution < 1.29 is 4.79 Å². The van der Waals surface area contributed by atoms with Crippen molar-refractivity contribution >= 4 is 74.3 Å². The lowest BCUT2D eigenvalue weighted by Gasteiger charge is -2.09. The second-order valence-electron chi connectivity index (χ2n) is 3.58. The Hall–Kier alpha value is -0.0700. The van der Waals surface area contributed by atoms with Crippen molar-refractivity contribution in [2.24, 2.45) is 4.99 Å². The van der Waals surface area contributed by atoms with Gasteiger partial charge in [0.25, 0.3) is 0 Å². The standard InChI is InChI=1S/C11H9Cl3N2OS2/c12-6-3-7(13)10(8(14)4-6)16-9(17)5-19-11-15-1-2-18-11/h3-4H,1-2,5H2,(H,16,17). The van der Waals surface area contributed by atoms with E-state index in [0.29, 0.717) is 20.8 Å². The van der Waals surface area contributed by atoms with E-state index in [4.69, 9.17) is 34.8 Å². The first kappa shape index (κ1) is 15.3. The molecule has 3 nitrogen and oxygen atoms in total. The monoisotopic (exact) mass is 354 g/mol. The maximum absolute atomic E-state index is 11.8. The van der Waals surface area contributed by atoms with Gasteiger partial charge in [-0.2, -0.15) is 0 Å². The molecule has 1 N–H and O–H groups in total. The van der Waals surface area contributed by atoms with Crippen molar-refractivity contribution in [3.05, 3.63) is 27.2 Å². The number of anilines is 1. The normalized spacial score (nSPS) is 14.4. The van der Waals surface area contributed by atoms with Crippen LogP contribution in [0.2, 0.25) is 15.1 Å². The third-order valence-corrected chi connectivity index (χ3v) is 5.22. The Morgan fingerprint density at radius 2 is 2.05 bits per heavy atom. The van der Waals surface area contributed by atoms with Gasteiger partial charge < -0.3 is 5.32 Å². The van der Waals surface area contributed by atoms with Gasteiger partial charge in [0.15, 0.2) is 0 Å². The van der Waals surface area contributed by atoms with Crippen LogP contribution in [0.25, 0.3) is 0 Å². The number of carbonyl (C=O) groups excluding carboxylic acids is 1. The maximum Gasteiger partial charge on any atom is 0.234 e. The number of aliphatic imine (C=N–C) groups is 1. The van der Waals surface area contributed by atoms with Crippen LogP contribution >= 0.6 is 58.3 Å². The fraction of sp³-hybridized carbons (Fsp3) is 0.273. The van der Waals surface area contributed by atoms with E-state index in [-0.39, 0.29) is 11.7 Å². The van der Waals surface area contributed by atoms with Crippen molar-refractivity contribution in [2.45, 2.75) is 0 Å². The molecule has 1 heterocycles. The van der Waals surface area contributed by atoms with Crippen molar-refractivity contribution in [3.8, 4) is 0 Å². The van der Waals surface area contributed by atoms with Crippen LogP contribution in [0.3, 0.4) is 0 Å². The lowest BCUT2D eigenvalue weighted by atomic mass is 10.3. The SMILES string of the molecule is O=C(CSC1=NCCS1)Nc1c(Cl)cc(Cl)cc1Cl. The predicted molar refractivity (Wildman–Crippen MR) is 87.3 cm³/mol. The summed E-state index contributed by atoms with van der Waals surface area (Å²) < 4.78 is 0.948. The van der Waals surface area contributed by atoms with Gasteiger partial charge in [-0.1, -0.05) is 58.3 Å². The van der Waals surface area contributed by atoms with Gasteiger partial charge in [-0.05, 0) is 12.1 Å². The summed E-state index contributed by atoms with van der Waals surface area (Å²) in [5, 5.41) is 3.76. The van der Waals surface area contributed by atoms with Crippen molar-refractivity contribution in [1.82, 2.24) is 0 Å². The van der Waals surface area contributed by atoms with E-state index in [1.807, 2.05) is 0 Å². The third kappa shape index (κ3) is 4.46. The molecule has 0 aromatic heterocycles. The average molecular weight is 356 g/mol. The molecule has 19 heavy (non-hydrogen) atoms. The molecule has 0 spiro atoms. The third-order valence-electron chi connectivity index (χ3n) is 2.16. The number of halogens is 3. The van der Waals surface area contributed by atoms with Gasteiger partial charge in [0.2, 0.25) is 5.91 Å². The van der Waals surface area contributed by atoms with Crippen LogP contribution in [-0.4, -0.2) is 28.3 Å². The Morgan fingerprint density at radius 1 is 1.37 bits per heavy atom. The highest BCUT2D eigenvalue weighted by Crippen LogP contribution is 2.33. The maximum atomic E-state index is 11.8. The molecule has 0 saturated carbocycles. The number of hydrogen-bond acceptors (Lipinski definition) is 4. The zero-order valence-electron chi connectivity index (χ0n) is 9.58. The largest absolute Gasteiger partial charge is 0.323 e. The molecule has 1 aromatic carbocycles. The van der Waals surface area contributed by atoms with Crippen molar-refractivity contribution in [3.63, 3.8) is 0 Å².